The Bertz CT molecular complexity index is 1440. The van der Waals surface area contributed by atoms with E-state index in [0.717, 1.165) is 10.4 Å². The predicted octanol–water partition coefficient (Wildman–Crippen LogP) is 2.10. The average Bonchev–Trinajstić information content (AvgIpc) is 3.02. The molecule has 0 spiro atoms. The van der Waals surface area contributed by atoms with Gasteiger partial charge in [-0.3, -0.25) is 9.52 Å². The highest BCUT2D eigenvalue weighted by atomic mass is 32.2. The summed E-state index contributed by atoms with van der Waals surface area (Å²) in [5.41, 5.74) is 0.812. The Morgan fingerprint density at radius 3 is 2.42 bits per heavy atom. The van der Waals surface area contributed by atoms with E-state index in [0.29, 0.717) is 11.1 Å². The van der Waals surface area contributed by atoms with Crippen LogP contribution >= 0.6 is 0 Å². The first kappa shape index (κ1) is 22.6. The molecule has 3 aromatic rings. The number of aromatic hydroxyl groups is 1. The number of hydrogen-bond donors (Lipinski definition) is 3. The minimum absolute atomic E-state index is 0.0299. The van der Waals surface area contributed by atoms with E-state index in [9.17, 15) is 31.1 Å². The molecule has 9 nitrogen and oxygen atoms in total. The normalized spacial score (nSPS) is 15.3. The number of carbonyl (C=O) groups excluding carboxylic acids is 1. The van der Waals surface area contributed by atoms with Gasteiger partial charge in [-0.05, 0) is 60.0 Å². The fourth-order valence-corrected chi connectivity index (χ4v) is 5.67. The van der Waals surface area contributed by atoms with Crippen LogP contribution in [0.25, 0.3) is 0 Å². The van der Waals surface area contributed by atoms with E-state index >= 15 is 0 Å². The van der Waals surface area contributed by atoms with Crippen molar-refractivity contribution in [2.45, 2.75) is 11.3 Å². The van der Waals surface area contributed by atoms with Crippen molar-refractivity contribution in [2.24, 2.45) is 0 Å². The minimum Gasteiger partial charge on any atom is -0.506 e. The van der Waals surface area contributed by atoms with E-state index in [4.69, 9.17) is 0 Å². The van der Waals surface area contributed by atoms with Gasteiger partial charge in [0.25, 0.3) is 15.9 Å². The number of amides is 1. The highest BCUT2D eigenvalue weighted by Gasteiger charge is 2.35. The molecule has 0 unspecified atom stereocenters. The lowest BCUT2D eigenvalue weighted by atomic mass is 10.0. The minimum atomic E-state index is -4.10. The third kappa shape index (κ3) is 4.76. The number of benzene rings is 3. The number of halogens is 1. The highest BCUT2D eigenvalue weighted by Crippen LogP contribution is 2.33. The van der Waals surface area contributed by atoms with Crippen LogP contribution in [0.3, 0.4) is 0 Å². The summed E-state index contributed by atoms with van der Waals surface area (Å²) < 4.78 is 68.3. The molecule has 0 bridgehead atoms. The number of anilines is 2. The summed E-state index contributed by atoms with van der Waals surface area (Å²) in [4.78, 5) is 11.5. The summed E-state index contributed by atoms with van der Waals surface area (Å²) in [5, 5.41) is 10.4. The van der Waals surface area contributed by atoms with Gasteiger partial charge in [0.2, 0.25) is 0 Å². The Balaban J connectivity index is 1.63. The van der Waals surface area contributed by atoms with Crippen LogP contribution in [-0.4, -0.2) is 34.4 Å². The average molecular weight is 492 g/mol. The van der Waals surface area contributed by atoms with E-state index in [-0.39, 0.29) is 22.7 Å². The van der Waals surface area contributed by atoms with Gasteiger partial charge >= 0.3 is 10.2 Å². The third-order valence-corrected chi connectivity index (χ3v) is 7.66. The molecule has 0 radical (unpaired) electrons. The lowest BCUT2D eigenvalue weighted by molar-refractivity contribution is -0.117. The number of carbonyl (C=O) groups is 1. The Morgan fingerprint density at radius 2 is 1.79 bits per heavy atom. The number of phenols is 1. The maximum atomic E-state index is 13.9. The number of sulfonamides is 1. The van der Waals surface area contributed by atoms with Crippen LogP contribution in [0.1, 0.15) is 11.1 Å². The topological polar surface area (TPSA) is 133 Å². The van der Waals surface area contributed by atoms with E-state index in [2.05, 4.69) is 4.72 Å². The maximum absolute atomic E-state index is 13.9. The van der Waals surface area contributed by atoms with Gasteiger partial charge in [-0.1, -0.05) is 24.3 Å². The van der Waals surface area contributed by atoms with Gasteiger partial charge < -0.3 is 5.11 Å². The molecule has 3 N–H and O–H groups in total. The molecule has 1 fully saturated rings. The lowest BCUT2D eigenvalue weighted by Gasteiger charge is -2.17. The molecule has 1 aliphatic rings. The zero-order valence-corrected chi connectivity index (χ0v) is 18.5. The maximum Gasteiger partial charge on any atom is 0.326 e. The van der Waals surface area contributed by atoms with Crippen molar-refractivity contribution >= 4 is 37.5 Å². The largest absolute Gasteiger partial charge is 0.506 e. The first-order valence-corrected chi connectivity index (χ1v) is 12.5. The molecule has 172 valence electrons. The molecule has 3 aromatic carbocycles. The van der Waals surface area contributed by atoms with Crippen LogP contribution in [0, 0.1) is 5.82 Å². The van der Waals surface area contributed by atoms with Crippen LogP contribution in [0.2, 0.25) is 0 Å². The summed E-state index contributed by atoms with van der Waals surface area (Å²) in [6.07, 6.45) is 0.0299. The first-order valence-electron chi connectivity index (χ1n) is 9.57. The number of phenolic OH excluding ortho intramolecular Hbond substituents is 1. The Morgan fingerprint density at radius 1 is 1.06 bits per heavy atom. The Labute approximate surface area is 189 Å². The molecule has 0 saturated carbocycles. The van der Waals surface area contributed by atoms with Crippen molar-refractivity contribution in [3.8, 4) is 5.75 Å². The smallest absolute Gasteiger partial charge is 0.326 e. The van der Waals surface area contributed by atoms with Crippen molar-refractivity contribution in [2.75, 3.05) is 15.6 Å². The number of hydrogen-bond acceptors (Lipinski definition) is 6. The summed E-state index contributed by atoms with van der Waals surface area (Å²) in [5.74, 6) is -1.72. The Hall–Kier alpha value is -3.64. The molecule has 33 heavy (non-hydrogen) atoms. The monoisotopic (exact) mass is 491 g/mol. The van der Waals surface area contributed by atoms with E-state index in [1.165, 1.54) is 42.5 Å². The summed E-state index contributed by atoms with van der Waals surface area (Å²) in [6, 6.07) is 15.4. The molecule has 1 amide bonds. The number of nitrogens with zero attached hydrogens (tertiary/aromatic N) is 1. The first-order chi connectivity index (χ1) is 15.5. The van der Waals surface area contributed by atoms with Crippen molar-refractivity contribution in [3.63, 3.8) is 0 Å². The molecule has 1 heterocycles. The standard InChI is InChI=1S/C21H18FN3O6S2/c22-16-7-8-18(23-32(28,29)17-4-2-1-3-5-17)15(12-16)10-14-6-9-19(20(26)11-14)25-13-21(27)24-33(25,30)31/h1-9,11-12,23,26H,10,13H2,(H,24,27). The van der Waals surface area contributed by atoms with Crippen LogP contribution in [0.4, 0.5) is 15.8 Å². The second-order valence-corrected chi connectivity index (χ2v) is 10.5. The van der Waals surface area contributed by atoms with Crippen LogP contribution < -0.4 is 13.7 Å². The van der Waals surface area contributed by atoms with Gasteiger partial charge in [-0.25, -0.2) is 21.8 Å². The highest BCUT2D eigenvalue weighted by molar-refractivity contribution is 7.92. The van der Waals surface area contributed by atoms with E-state index in [1.54, 1.807) is 18.2 Å². The summed E-state index contributed by atoms with van der Waals surface area (Å²) >= 11 is 0. The van der Waals surface area contributed by atoms with E-state index < -0.39 is 44.3 Å². The van der Waals surface area contributed by atoms with Gasteiger partial charge in [-0.15, -0.1) is 0 Å². The molecule has 0 aromatic heterocycles. The number of nitrogens with one attached hydrogen (secondary N) is 2. The molecule has 0 atom stereocenters. The van der Waals surface area contributed by atoms with Crippen LogP contribution in [0.15, 0.2) is 71.6 Å². The predicted molar refractivity (Wildman–Crippen MR) is 119 cm³/mol. The van der Waals surface area contributed by atoms with Gasteiger partial charge in [0, 0.05) is 0 Å². The van der Waals surface area contributed by atoms with Crippen molar-refractivity contribution in [1.29, 1.82) is 0 Å². The molecule has 1 aliphatic heterocycles. The molecular formula is C21H18FN3O6S2. The van der Waals surface area contributed by atoms with Gasteiger partial charge in [0.1, 0.15) is 18.1 Å². The van der Waals surface area contributed by atoms with Gasteiger partial charge in [0.15, 0.2) is 0 Å². The summed E-state index contributed by atoms with van der Waals surface area (Å²) in [7, 11) is -8.01. The zero-order valence-electron chi connectivity index (χ0n) is 16.9. The van der Waals surface area contributed by atoms with Crippen molar-refractivity contribution in [1.82, 2.24) is 4.72 Å². The SMILES string of the molecule is O=C1CN(c2ccc(Cc3cc(F)ccc3NS(=O)(=O)c3ccccc3)cc2O)S(=O)(=O)N1. The van der Waals surface area contributed by atoms with Crippen LogP contribution in [0.5, 0.6) is 5.75 Å². The quantitative estimate of drug-likeness (QED) is 0.484. The molecule has 1 saturated heterocycles. The fourth-order valence-electron chi connectivity index (χ4n) is 3.38. The number of rotatable bonds is 6. The molecular weight excluding hydrogens is 473 g/mol. The van der Waals surface area contributed by atoms with Crippen molar-refractivity contribution < 1.29 is 31.1 Å². The zero-order chi connectivity index (χ0) is 23.8. The Kier molecular flexibility index (Phi) is 5.72. The van der Waals surface area contributed by atoms with Crippen LogP contribution in [-0.2, 0) is 31.4 Å². The van der Waals surface area contributed by atoms with Gasteiger partial charge in [0.05, 0.1) is 16.3 Å². The fraction of sp³-hybridized carbons (Fsp3) is 0.0952. The second kappa shape index (κ2) is 8.37. The molecule has 12 heteroatoms. The third-order valence-electron chi connectivity index (χ3n) is 4.89. The molecule has 0 aliphatic carbocycles. The lowest BCUT2D eigenvalue weighted by Crippen LogP contribution is -2.29. The summed E-state index contributed by atoms with van der Waals surface area (Å²) in [6.45, 7) is -0.468. The molecule has 4 rings (SSSR count). The van der Waals surface area contributed by atoms with Crippen molar-refractivity contribution in [3.05, 3.63) is 83.7 Å². The second-order valence-electron chi connectivity index (χ2n) is 7.26. The van der Waals surface area contributed by atoms with E-state index in [1.807, 2.05) is 4.72 Å². The van der Waals surface area contributed by atoms with Gasteiger partial charge in [-0.2, -0.15) is 8.42 Å².